The molecular formula is C15H14F2N2OS. The topological polar surface area (TPSA) is 55.1 Å². The van der Waals surface area contributed by atoms with Crippen LogP contribution in [-0.4, -0.2) is 11.7 Å². The molecule has 3 N–H and O–H groups in total. The summed E-state index contributed by atoms with van der Waals surface area (Å²) in [5, 5.41) is 2.63. The van der Waals surface area contributed by atoms with Crippen LogP contribution in [0.3, 0.4) is 0 Å². The third-order valence-corrected chi connectivity index (χ3v) is 3.81. The van der Waals surface area contributed by atoms with Gasteiger partial charge in [0.2, 0.25) is 5.91 Å². The predicted molar refractivity (Wildman–Crippen MR) is 81.3 cm³/mol. The van der Waals surface area contributed by atoms with Crippen LogP contribution < -0.4 is 11.1 Å². The number of carbonyl (C=O) groups is 1. The summed E-state index contributed by atoms with van der Waals surface area (Å²) in [6.07, 6.45) is 0. The van der Waals surface area contributed by atoms with Gasteiger partial charge in [0.15, 0.2) is 0 Å². The molecule has 0 radical (unpaired) electrons. The Morgan fingerprint density at radius 2 is 2.00 bits per heavy atom. The highest BCUT2D eigenvalue weighted by atomic mass is 32.2. The van der Waals surface area contributed by atoms with E-state index in [1.807, 2.05) is 0 Å². The standard InChI is InChI=1S/C15H14F2N2OS/c1-9-2-3-10(16)6-14(9)19-15(20)8-21-11-4-5-13(18)12(17)7-11/h2-7H,8,18H2,1H3,(H,19,20). The van der Waals surface area contributed by atoms with Gasteiger partial charge in [0.05, 0.1) is 11.4 Å². The molecule has 6 heteroatoms. The van der Waals surface area contributed by atoms with E-state index in [1.165, 1.54) is 36.0 Å². The van der Waals surface area contributed by atoms with Crippen LogP contribution in [0.4, 0.5) is 20.2 Å². The maximum Gasteiger partial charge on any atom is 0.234 e. The van der Waals surface area contributed by atoms with Crippen molar-refractivity contribution in [3.05, 3.63) is 53.6 Å². The molecule has 21 heavy (non-hydrogen) atoms. The third kappa shape index (κ3) is 4.19. The number of anilines is 2. The lowest BCUT2D eigenvalue weighted by Crippen LogP contribution is -2.15. The zero-order valence-electron chi connectivity index (χ0n) is 11.3. The number of halogens is 2. The summed E-state index contributed by atoms with van der Waals surface area (Å²) < 4.78 is 26.4. The van der Waals surface area contributed by atoms with E-state index < -0.39 is 11.6 Å². The quantitative estimate of drug-likeness (QED) is 0.670. The normalized spacial score (nSPS) is 10.4. The minimum absolute atomic E-state index is 0.0687. The van der Waals surface area contributed by atoms with Gasteiger partial charge in [-0.2, -0.15) is 0 Å². The summed E-state index contributed by atoms with van der Waals surface area (Å²) in [5.74, 6) is -1.12. The molecule has 0 bridgehead atoms. The molecule has 0 atom stereocenters. The highest BCUT2D eigenvalue weighted by Gasteiger charge is 2.08. The zero-order valence-corrected chi connectivity index (χ0v) is 12.1. The molecule has 0 aliphatic heterocycles. The highest BCUT2D eigenvalue weighted by molar-refractivity contribution is 8.00. The molecular weight excluding hydrogens is 294 g/mol. The minimum Gasteiger partial charge on any atom is -0.396 e. The molecule has 110 valence electrons. The number of carbonyl (C=O) groups excluding carboxylic acids is 1. The van der Waals surface area contributed by atoms with Crippen molar-refractivity contribution in [3.63, 3.8) is 0 Å². The van der Waals surface area contributed by atoms with Crippen LogP contribution in [0.2, 0.25) is 0 Å². The molecule has 0 unspecified atom stereocenters. The first kappa shape index (κ1) is 15.3. The maximum absolute atomic E-state index is 13.3. The molecule has 0 heterocycles. The van der Waals surface area contributed by atoms with Crippen molar-refractivity contribution in [3.8, 4) is 0 Å². The van der Waals surface area contributed by atoms with Crippen LogP contribution in [0, 0.1) is 18.6 Å². The third-order valence-electron chi connectivity index (χ3n) is 2.82. The van der Waals surface area contributed by atoms with Gasteiger partial charge in [0.25, 0.3) is 0 Å². The van der Waals surface area contributed by atoms with Crippen LogP contribution >= 0.6 is 11.8 Å². The number of nitrogens with one attached hydrogen (secondary N) is 1. The van der Waals surface area contributed by atoms with Crippen molar-refractivity contribution >= 4 is 29.0 Å². The maximum atomic E-state index is 13.3. The van der Waals surface area contributed by atoms with Crippen molar-refractivity contribution in [1.29, 1.82) is 0 Å². The van der Waals surface area contributed by atoms with Gasteiger partial charge < -0.3 is 11.1 Å². The Labute approximate surface area is 125 Å². The summed E-state index contributed by atoms with van der Waals surface area (Å²) >= 11 is 1.18. The average molecular weight is 308 g/mol. The van der Waals surface area contributed by atoms with Crippen LogP contribution in [0.25, 0.3) is 0 Å². The molecule has 0 saturated heterocycles. The van der Waals surface area contributed by atoms with E-state index in [0.29, 0.717) is 10.6 Å². The lowest BCUT2D eigenvalue weighted by Gasteiger charge is -2.08. The summed E-state index contributed by atoms with van der Waals surface area (Å²) in [5.41, 5.74) is 6.65. The molecule has 0 saturated carbocycles. The summed E-state index contributed by atoms with van der Waals surface area (Å²) in [6.45, 7) is 1.78. The lowest BCUT2D eigenvalue weighted by molar-refractivity contribution is -0.113. The number of nitrogens with two attached hydrogens (primary N) is 1. The molecule has 0 aliphatic rings. The molecule has 1 amide bonds. The first-order chi connectivity index (χ1) is 9.95. The number of nitrogen functional groups attached to an aromatic ring is 1. The van der Waals surface area contributed by atoms with E-state index >= 15 is 0 Å². The average Bonchev–Trinajstić information content (AvgIpc) is 2.44. The molecule has 2 aromatic rings. The van der Waals surface area contributed by atoms with Gasteiger partial charge >= 0.3 is 0 Å². The fourth-order valence-corrected chi connectivity index (χ4v) is 2.38. The minimum atomic E-state index is -0.513. The lowest BCUT2D eigenvalue weighted by atomic mass is 10.2. The molecule has 0 aromatic heterocycles. The molecule has 2 aromatic carbocycles. The van der Waals surface area contributed by atoms with Gasteiger partial charge in [-0.15, -0.1) is 11.8 Å². The van der Waals surface area contributed by atoms with Crippen LogP contribution in [-0.2, 0) is 4.79 Å². The smallest absolute Gasteiger partial charge is 0.234 e. The van der Waals surface area contributed by atoms with Gasteiger partial charge in [-0.1, -0.05) is 6.07 Å². The summed E-state index contributed by atoms with van der Waals surface area (Å²) in [7, 11) is 0. The van der Waals surface area contributed by atoms with E-state index in [-0.39, 0.29) is 17.3 Å². The summed E-state index contributed by atoms with van der Waals surface area (Å²) in [4.78, 5) is 12.4. The van der Waals surface area contributed by atoms with Crippen molar-refractivity contribution < 1.29 is 13.6 Å². The van der Waals surface area contributed by atoms with Crippen molar-refractivity contribution in [1.82, 2.24) is 0 Å². The number of hydrogen-bond acceptors (Lipinski definition) is 3. The van der Waals surface area contributed by atoms with Gasteiger partial charge in [-0.3, -0.25) is 4.79 Å². The Hall–Kier alpha value is -2.08. The SMILES string of the molecule is Cc1ccc(F)cc1NC(=O)CSc1ccc(N)c(F)c1. The second-order valence-electron chi connectivity index (χ2n) is 4.48. The first-order valence-corrected chi connectivity index (χ1v) is 7.18. The molecule has 0 spiro atoms. The van der Waals surface area contributed by atoms with Gasteiger partial charge in [-0.05, 0) is 42.8 Å². The van der Waals surface area contributed by atoms with E-state index in [9.17, 15) is 13.6 Å². The van der Waals surface area contributed by atoms with Crippen LogP contribution in [0.1, 0.15) is 5.56 Å². The first-order valence-electron chi connectivity index (χ1n) is 6.19. The Morgan fingerprint density at radius 1 is 1.24 bits per heavy atom. The number of amides is 1. The fourth-order valence-electron chi connectivity index (χ4n) is 1.66. The van der Waals surface area contributed by atoms with Crippen molar-refractivity contribution in [2.45, 2.75) is 11.8 Å². The monoisotopic (exact) mass is 308 g/mol. The number of rotatable bonds is 4. The Bertz CT molecular complexity index is 677. The molecule has 0 aliphatic carbocycles. The van der Waals surface area contributed by atoms with Gasteiger partial charge in [-0.25, -0.2) is 8.78 Å². The van der Waals surface area contributed by atoms with E-state index in [4.69, 9.17) is 5.73 Å². The number of hydrogen-bond donors (Lipinski definition) is 2. The summed E-state index contributed by atoms with van der Waals surface area (Å²) in [6, 6.07) is 8.56. The van der Waals surface area contributed by atoms with E-state index in [0.717, 1.165) is 5.56 Å². The van der Waals surface area contributed by atoms with Crippen LogP contribution in [0.5, 0.6) is 0 Å². The molecule has 0 fully saturated rings. The van der Waals surface area contributed by atoms with Crippen molar-refractivity contribution in [2.24, 2.45) is 0 Å². The number of thioether (sulfide) groups is 1. The Balaban J connectivity index is 1.95. The van der Waals surface area contributed by atoms with Gasteiger partial charge in [0.1, 0.15) is 11.6 Å². The number of benzene rings is 2. The zero-order chi connectivity index (χ0) is 15.4. The second kappa shape index (κ2) is 6.58. The second-order valence-corrected chi connectivity index (χ2v) is 5.53. The predicted octanol–water partition coefficient (Wildman–Crippen LogP) is 3.59. The largest absolute Gasteiger partial charge is 0.396 e. The Kier molecular flexibility index (Phi) is 4.80. The van der Waals surface area contributed by atoms with Crippen molar-refractivity contribution in [2.75, 3.05) is 16.8 Å². The molecule has 3 nitrogen and oxygen atoms in total. The fraction of sp³-hybridized carbons (Fsp3) is 0.133. The van der Waals surface area contributed by atoms with E-state index in [1.54, 1.807) is 19.1 Å². The molecule has 2 rings (SSSR count). The van der Waals surface area contributed by atoms with Gasteiger partial charge in [0, 0.05) is 10.6 Å². The number of aryl methyl sites for hydroxylation is 1. The highest BCUT2D eigenvalue weighted by Crippen LogP contribution is 2.22. The van der Waals surface area contributed by atoms with Crippen LogP contribution in [0.15, 0.2) is 41.3 Å². The Morgan fingerprint density at radius 3 is 2.71 bits per heavy atom. The van der Waals surface area contributed by atoms with E-state index in [2.05, 4.69) is 5.32 Å².